The van der Waals surface area contributed by atoms with Gasteiger partial charge in [-0.15, -0.1) is 11.3 Å². The molecule has 2 aromatic carbocycles. The average Bonchev–Trinajstić information content (AvgIpc) is 3.44. The molecule has 1 unspecified atom stereocenters. The lowest BCUT2D eigenvalue weighted by Gasteiger charge is -2.34. The molecule has 0 aliphatic carbocycles. The summed E-state index contributed by atoms with van der Waals surface area (Å²) in [7, 11) is 0. The molecule has 0 spiro atoms. The number of aromatic nitrogens is 3. The molecule has 1 saturated heterocycles. The van der Waals surface area contributed by atoms with E-state index in [2.05, 4.69) is 24.9 Å². The van der Waals surface area contributed by atoms with Crippen LogP contribution >= 0.6 is 11.3 Å². The average molecular weight is 480 g/mol. The quantitative estimate of drug-likeness (QED) is 0.411. The third kappa shape index (κ3) is 5.61. The fourth-order valence-corrected chi connectivity index (χ4v) is 5.01. The molecule has 1 N–H and O–H groups in total. The van der Waals surface area contributed by atoms with Crippen LogP contribution in [0.5, 0.6) is 5.75 Å². The van der Waals surface area contributed by atoms with Gasteiger partial charge in [0.1, 0.15) is 18.5 Å². The summed E-state index contributed by atoms with van der Waals surface area (Å²) in [5.41, 5.74) is 3.05. The lowest BCUT2D eigenvalue weighted by molar-refractivity contribution is 0.0440. The van der Waals surface area contributed by atoms with Gasteiger partial charge in [-0.25, -0.2) is 4.98 Å². The maximum Gasteiger partial charge on any atom is 0.257 e. The summed E-state index contributed by atoms with van der Waals surface area (Å²) in [4.78, 5) is 13.6. The van der Waals surface area contributed by atoms with E-state index < -0.39 is 6.10 Å². The van der Waals surface area contributed by atoms with Crippen molar-refractivity contribution in [3.63, 3.8) is 0 Å². The topological polar surface area (TPSA) is 87.8 Å². The number of aliphatic hydroxyl groups excluding tert-OH is 1. The molecule has 0 radical (unpaired) electrons. The molecule has 2 aromatic heterocycles. The lowest BCUT2D eigenvalue weighted by Crippen LogP contribution is -2.48. The molecule has 1 fully saturated rings. The van der Waals surface area contributed by atoms with Gasteiger partial charge in [-0.05, 0) is 38.1 Å². The first kappa shape index (κ1) is 22.9. The van der Waals surface area contributed by atoms with Crippen molar-refractivity contribution in [3.8, 4) is 17.2 Å². The lowest BCUT2D eigenvalue weighted by atomic mass is 10.1. The fourth-order valence-electron chi connectivity index (χ4n) is 4.20. The van der Waals surface area contributed by atoms with E-state index in [1.807, 2.05) is 56.3 Å². The number of hydrogen-bond acceptors (Lipinski definition) is 9. The Bertz CT molecular complexity index is 1250. The van der Waals surface area contributed by atoms with Gasteiger partial charge < -0.3 is 14.4 Å². The van der Waals surface area contributed by atoms with Crippen LogP contribution in [0, 0.1) is 13.8 Å². The third-order valence-electron chi connectivity index (χ3n) is 5.94. The third-order valence-corrected chi connectivity index (χ3v) is 6.89. The van der Waals surface area contributed by atoms with Crippen LogP contribution in [0.15, 0.2) is 47.0 Å². The maximum absolute atomic E-state index is 10.5. The first-order chi connectivity index (χ1) is 16.5. The number of β-amino-alcohol motifs (C(OH)–C–C–N with tert-alkyl or cyclic N) is 1. The van der Waals surface area contributed by atoms with Crippen molar-refractivity contribution in [1.82, 2.24) is 24.9 Å². The summed E-state index contributed by atoms with van der Waals surface area (Å²) >= 11 is 1.67. The van der Waals surface area contributed by atoms with Gasteiger partial charge in [0.05, 0.1) is 21.8 Å². The second kappa shape index (κ2) is 10.2. The number of hydrogen-bond donors (Lipinski definition) is 1. The Morgan fingerprint density at radius 2 is 1.88 bits per heavy atom. The van der Waals surface area contributed by atoms with Gasteiger partial charge in [0, 0.05) is 44.4 Å². The van der Waals surface area contributed by atoms with Gasteiger partial charge in [-0.2, -0.15) is 4.98 Å². The van der Waals surface area contributed by atoms with Crippen LogP contribution in [-0.4, -0.2) is 75.5 Å². The van der Waals surface area contributed by atoms with Crippen molar-refractivity contribution in [3.05, 3.63) is 58.9 Å². The molecule has 34 heavy (non-hydrogen) atoms. The second-order valence-corrected chi connectivity index (χ2v) is 10.0. The molecule has 1 atom stereocenters. The Morgan fingerprint density at radius 3 is 2.71 bits per heavy atom. The van der Waals surface area contributed by atoms with E-state index >= 15 is 0 Å². The molecule has 178 valence electrons. The summed E-state index contributed by atoms with van der Waals surface area (Å²) in [6, 6.07) is 14.0. The SMILES string of the molecule is Cc1cccc(-c2nc(CN3CCN(CC(O)COc4ccc5sc(C)nc5c4)CC3)no2)c1. The van der Waals surface area contributed by atoms with E-state index in [1.165, 1.54) is 0 Å². The highest BCUT2D eigenvalue weighted by atomic mass is 32.1. The summed E-state index contributed by atoms with van der Waals surface area (Å²) < 4.78 is 12.4. The predicted molar refractivity (Wildman–Crippen MR) is 132 cm³/mol. The van der Waals surface area contributed by atoms with Gasteiger partial charge >= 0.3 is 0 Å². The zero-order valence-electron chi connectivity index (χ0n) is 19.5. The first-order valence-electron chi connectivity index (χ1n) is 11.5. The number of thiazole rings is 1. The molecule has 3 heterocycles. The second-order valence-electron chi connectivity index (χ2n) is 8.79. The first-order valence-corrected chi connectivity index (χ1v) is 12.4. The van der Waals surface area contributed by atoms with Crippen molar-refractivity contribution in [2.24, 2.45) is 0 Å². The van der Waals surface area contributed by atoms with Crippen LogP contribution in [0.2, 0.25) is 0 Å². The zero-order valence-corrected chi connectivity index (χ0v) is 20.3. The number of aryl methyl sites for hydroxylation is 2. The van der Waals surface area contributed by atoms with Gasteiger partial charge in [-0.3, -0.25) is 9.80 Å². The van der Waals surface area contributed by atoms with Crippen molar-refractivity contribution < 1.29 is 14.4 Å². The van der Waals surface area contributed by atoms with Crippen molar-refractivity contribution in [1.29, 1.82) is 0 Å². The summed E-state index contributed by atoms with van der Waals surface area (Å²) in [6.45, 7) is 9.10. The Balaban J connectivity index is 1.06. The molecule has 0 saturated carbocycles. The number of fused-ring (bicyclic) bond motifs is 1. The molecule has 1 aliphatic heterocycles. The van der Waals surface area contributed by atoms with E-state index in [9.17, 15) is 5.11 Å². The van der Waals surface area contributed by atoms with E-state index in [0.717, 1.165) is 58.3 Å². The Labute approximate surface area is 202 Å². The maximum atomic E-state index is 10.5. The van der Waals surface area contributed by atoms with Crippen LogP contribution in [-0.2, 0) is 6.54 Å². The predicted octanol–water partition coefficient (Wildman–Crippen LogP) is 3.52. The van der Waals surface area contributed by atoms with Crippen LogP contribution in [0.3, 0.4) is 0 Å². The summed E-state index contributed by atoms with van der Waals surface area (Å²) in [5.74, 6) is 2.00. The van der Waals surface area contributed by atoms with Crippen molar-refractivity contribution in [2.75, 3.05) is 39.3 Å². The van der Waals surface area contributed by atoms with Crippen LogP contribution < -0.4 is 4.74 Å². The number of benzene rings is 2. The molecule has 0 bridgehead atoms. The van der Waals surface area contributed by atoms with Crippen LogP contribution in [0.25, 0.3) is 21.7 Å². The van der Waals surface area contributed by atoms with Gasteiger partial charge in [0.15, 0.2) is 5.82 Å². The molecule has 8 nitrogen and oxygen atoms in total. The van der Waals surface area contributed by atoms with E-state index in [0.29, 0.717) is 24.8 Å². The molecule has 1 aliphatic rings. The standard InChI is InChI=1S/C25H29N5O3S/c1-17-4-3-5-19(12-17)25-27-24(28-33-25)15-30-10-8-29(9-11-30)14-20(31)16-32-21-6-7-23-22(13-21)26-18(2)34-23/h3-7,12-13,20,31H,8-11,14-16H2,1-2H3. The molecular formula is C25H29N5O3S. The zero-order chi connectivity index (χ0) is 23.5. The largest absolute Gasteiger partial charge is 0.491 e. The highest BCUT2D eigenvalue weighted by Crippen LogP contribution is 2.25. The number of ether oxygens (including phenoxy) is 1. The minimum atomic E-state index is -0.548. The smallest absolute Gasteiger partial charge is 0.257 e. The number of nitrogens with zero attached hydrogens (tertiary/aromatic N) is 5. The van der Waals surface area contributed by atoms with E-state index in [4.69, 9.17) is 9.26 Å². The Kier molecular flexibility index (Phi) is 6.87. The van der Waals surface area contributed by atoms with E-state index in [1.54, 1.807) is 11.3 Å². The molecular weight excluding hydrogens is 450 g/mol. The molecule has 9 heteroatoms. The Morgan fingerprint density at radius 1 is 1.06 bits per heavy atom. The minimum Gasteiger partial charge on any atom is -0.491 e. The minimum absolute atomic E-state index is 0.263. The Hall–Kier alpha value is -2.85. The van der Waals surface area contributed by atoms with E-state index in [-0.39, 0.29) is 6.61 Å². The number of piperazine rings is 1. The number of aliphatic hydroxyl groups is 1. The van der Waals surface area contributed by atoms with Crippen LogP contribution in [0.1, 0.15) is 16.4 Å². The monoisotopic (exact) mass is 479 g/mol. The fraction of sp³-hybridized carbons (Fsp3) is 0.400. The highest BCUT2D eigenvalue weighted by Gasteiger charge is 2.21. The normalized spacial score (nSPS) is 16.2. The summed E-state index contributed by atoms with van der Waals surface area (Å²) in [5, 5.41) is 15.7. The van der Waals surface area contributed by atoms with Gasteiger partial charge in [0.25, 0.3) is 5.89 Å². The van der Waals surface area contributed by atoms with Gasteiger partial charge in [-0.1, -0.05) is 22.9 Å². The molecule has 4 aromatic rings. The van der Waals surface area contributed by atoms with Crippen molar-refractivity contribution in [2.45, 2.75) is 26.5 Å². The van der Waals surface area contributed by atoms with Crippen LogP contribution in [0.4, 0.5) is 0 Å². The molecule has 0 amide bonds. The van der Waals surface area contributed by atoms with Crippen molar-refractivity contribution >= 4 is 21.6 Å². The highest BCUT2D eigenvalue weighted by molar-refractivity contribution is 7.18. The number of rotatable bonds is 8. The molecule has 5 rings (SSSR count). The van der Waals surface area contributed by atoms with Gasteiger partial charge in [0.2, 0.25) is 0 Å². The summed E-state index contributed by atoms with van der Waals surface area (Å²) in [6.07, 6.45) is -0.548.